The van der Waals surface area contributed by atoms with Crippen LogP contribution in [-0.2, 0) is 4.79 Å². The molecule has 13 heavy (non-hydrogen) atoms. The number of hydrogen-bond acceptors (Lipinski definition) is 3. The lowest BCUT2D eigenvalue weighted by Crippen LogP contribution is -2.51. The van der Waals surface area contributed by atoms with E-state index in [9.17, 15) is 18.0 Å². The van der Waals surface area contributed by atoms with Gasteiger partial charge in [0.2, 0.25) is 0 Å². The summed E-state index contributed by atoms with van der Waals surface area (Å²) < 4.78 is 37.3. The molecule has 1 heterocycles. The molecule has 0 aliphatic carbocycles. The number of hydroxylamine groups is 1. The lowest BCUT2D eigenvalue weighted by atomic mass is 9.85. The molecule has 1 unspecified atom stereocenters. The smallest absolute Gasteiger partial charge is 0.315 e. The Morgan fingerprint density at radius 2 is 2.15 bits per heavy atom. The second-order valence-corrected chi connectivity index (χ2v) is 2.95. The van der Waals surface area contributed by atoms with Crippen LogP contribution in [0, 0.1) is 5.41 Å². The number of hydrogen-bond donors (Lipinski definition) is 3. The predicted octanol–water partition coefficient (Wildman–Crippen LogP) is 0.0338. The predicted molar refractivity (Wildman–Crippen MR) is 35.9 cm³/mol. The summed E-state index contributed by atoms with van der Waals surface area (Å²) in [5.74, 6) is -1.40. The fourth-order valence-electron chi connectivity index (χ4n) is 1.36. The fourth-order valence-corrected chi connectivity index (χ4v) is 1.36. The van der Waals surface area contributed by atoms with E-state index in [-0.39, 0.29) is 13.0 Å². The first-order valence-electron chi connectivity index (χ1n) is 3.66. The molecule has 1 atom stereocenters. The normalized spacial score (nSPS) is 28.9. The molecule has 0 bridgehead atoms. The van der Waals surface area contributed by atoms with Gasteiger partial charge in [0.1, 0.15) is 0 Å². The molecule has 0 aromatic heterocycles. The summed E-state index contributed by atoms with van der Waals surface area (Å²) in [5, 5.41) is 10.6. The third-order valence-electron chi connectivity index (χ3n) is 2.23. The van der Waals surface area contributed by atoms with Crippen molar-refractivity contribution in [1.82, 2.24) is 10.8 Å². The Hall–Kier alpha value is -0.820. The molecule has 1 aliphatic rings. The lowest BCUT2D eigenvalue weighted by Gasteiger charge is -2.27. The summed E-state index contributed by atoms with van der Waals surface area (Å²) in [4.78, 5) is 10.9. The van der Waals surface area contributed by atoms with Crippen molar-refractivity contribution >= 4 is 5.91 Å². The summed E-state index contributed by atoms with van der Waals surface area (Å²) >= 11 is 0. The Kier molecular flexibility index (Phi) is 2.49. The van der Waals surface area contributed by atoms with E-state index in [1.54, 1.807) is 0 Å². The quantitative estimate of drug-likeness (QED) is 0.411. The van der Waals surface area contributed by atoms with Crippen molar-refractivity contribution in [2.45, 2.75) is 12.6 Å². The third-order valence-corrected chi connectivity index (χ3v) is 2.23. The van der Waals surface area contributed by atoms with Gasteiger partial charge in [0.15, 0.2) is 5.41 Å². The van der Waals surface area contributed by atoms with Crippen LogP contribution in [-0.4, -0.2) is 30.4 Å². The van der Waals surface area contributed by atoms with E-state index < -0.39 is 24.0 Å². The zero-order valence-corrected chi connectivity index (χ0v) is 6.61. The largest absolute Gasteiger partial charge is 0.404 e. The molecule has 76 valence electrons. The topological polar surface area (TPSA) is 61.4 Å². The van der Waals surface area contributed by atoms with Crippen LogP contribution < -0.4 is 10.8 Å². The lowest BCUT2D eigenvalue weighted by molar-refractivity contribution is -0.220. The van der Waals surface area contributed by atoms with Crippen LogP contribution in [0.4, 0.5) is 13.2 Å². The molecule has 0 aromatic rings. The summed E-state index contributed by atoms with van der Waals surface area (Å²) in [6.07, 6.45) is -4.98. The van der Waals surface area contributed by atoms with Crippen molar-refractivity contribution in [2.24, 2.45) is 5.41 Å². The molecular weight excluding hydrogens is 189 g/mol. The molecule has 1 fully saturated rings. The average Bonchev–Trinajstić information content (AvgIpc) is 2.50. The van der Waals surface area contributed by atoms with Gasteiger partial charge in [-0.3, -0.25) is 10.0 Å². The number of rotatable bonds is 1. The summed E-state index contributed by atoms with van der Waals surface area (Å²) in [5.41, 5.74) is -1.42. The van der Waals surface area contributed by atoms with Gasteiger partial charge < -0.3 is 5.32 Å². The number of carbonyl (C=O) groups excluding carboxylic acids is 1. The molecule has 3 N–H and O–H groups in total. The Bertz CT molecular complexity index is 210. The van der Waals surface area contributed by atoms with Gasteiger partial charge in [-0.15, -0.1) is 0 Å². The maximum absolute atomic E-state index is 12.4. The molecule has 0 radical (unpaired) electrons. The summed E-state index contributed by atoms with van der Waals surface area (Å²) in [7, 11) is 0. The molecule has 1 saturated heterocycles. The van der Waals surface area contributed by atoms with Gasteiger partial charge in [-0.2, -0.15) is 13.2 Å². The Morgan fingerprint density at radius 3 is 2.46 bits per heavy atom. The van der Waals surface area contributed by atoms with Crippen molar-refractivity contribution in [1.29, 1.82) is 0 Å². The SMILES string of the molecule is O=C(NO)C1(C(F)(F)F)CCNC1. The Morgan fingerprint density at radius 1 is 1.54 bits per heavy atom. The molecule has 4 nitrogen and oxygen atoms in total. The molecule has 1 aliphatic heterocycles. The zero-order chi connectivity index (χ0) is 10.1. The van der Waals surface area contributed by atoms with Crippen LogP contribution in [0.1, 0.15) is 6.42 Å². The summed E-state index contributed by atoms with van der Waals surface area (Å²) in [6.45, 7) is -0.365. The molecule has 0 spiro atoms. The van der Waals surface area contributed by atoms with Crippen LogP contribution in [0.25, 0.3) is 0 Å². The molecule has 7 heteroatoms. The van der Waals surface area contributed by atoms with Gasteiger partial charge in [0.25, 0.3) is 5.91 Å². The van der Waals surface area contributed by atoms with Gasteiger partial charge in [0, 0.05) is 6.54 Å². The van der Waals surface area contributed by atoms with Crippen molar-refractivity contribution in [3.8, 4) is 0 Å². The Balaban J connectivity index is 2.94. The highest BCUT2D eigenvalue weighted by atomic mass is 19.4. The zero-order valence-electron chi connectivity index (χ0n) is 6.61. The first-order valence-corrected chi connectivity index (χ1v) is 3.66. The average molecular weight is 198 g/mol. The molecule has 1 rings (SSSR count). The number of nitrogens with one attached hydrogen (secondary N) is 2. The molecule has 0 saturated carbocycles. The molecule has 1 amide bonds. The maximum atomic E-state index is 12.4. The van der Waals surface area contributed by atoms with Crippen LogP contribution in [0.3, 0.4) is 0 Å². The second kappa shape index (κ2) is 3.15. The minimum Gasteiger partial charge on any atom is -0.315 e. The minimum atomic E-state index is -4.64. The Labute approximate surface area is 72.1 Å². The van der Waals surface area contributed by atoms with E-state index in [2.05, 4.69) is 5.32 Å². The van der Waals surface area contributed by atoms with Crippen molar-refractivity contribution in [2.75, 3.05) is 13.1 Å². The van der Waals surface area contributed by atoms with Gasteiger partial charge in [-0.1, -0.05) is 0 Å². The van der Waals surface area contributed by atoms with E-state index in [1.165, 1.54) is 0 Å². The van der Waals surface area contributed by atoms with Crippen molar-refractivity contribution in [3.63, 3.8) is 0 Å². The highest BCUT2D eigenvalue weighted by Gasteiger charge is 2.61. The van der Waals surface area contributed by atoms with E-state index >= 15 is 0 Å². The highest BCUT2D eigenvalue weighted by Crippen LogP contribution is 2.42. The van der Waals surface area contributed by atoms with Gasteiger partial charge in [-0.25, -0.2) is 5.48 Å². The highest BCUT2D eigenvalue weighted by molar-refractivity contribution is 5.83. The van der Waals surface area contributed by atoms with Crippen LogP contribution in [0.5, 0.6) is 0 Å². The molecular formula is C6H9F3N2O2. The van der Waals surface area contributed by atoms with Crippen LogP contribution in [0.2, 0.25) is 0 Å². The van der Waals surface area contributed by atoms with Crippen LogP contribution in [0.15, 0.2) is 0 Å². The van der Waals surface area contributed by atoms with E-state index in [1.807, 2.05) is 0 Å². The number of carbonyl (C=O) groups is 1. The first-order chi connectivity index (χ1) is 5.94. The summed E-state index contributed by atoms with van der Waals surface area (Å²) in [6, 6.07) is 0. The first kappa shape index (κ1) is 10.3. The maximum Gasteiger partial charge on any atom is 0.404 e. The number of amides is 1. The van der Waals surface area contributed by atoms with Crippen molar-refractivity contribution < 1.29 is 23.2 Å². The molecule has 0 aromatic carbocycles. The van der Waals surface area contributed by atoms with E-state index in [0.717, 1.165) is 5.48 Å². The number of alkyl halides is 3. The van der Waals surface area contributed by atoms with Gasteiger partial charge in [0.05, 0.1) is 0 Å². The minimum absolute atomic E-state index is 0.118. The standard InChI is InChI=1S/C6H9F3N2O2/c7-6(8,9)5(4(12)11-13)1-2-10-3-5/h10,13H,1-3H2,(H,11,12). The van der Waals surface area contributed by atoms with E-state index in [4.69, 9.17) is 5.21 Å². The fraction of sp³-hybridized carbons (Fsp3) is 0.833. The van der Waals surface area contributed by atoms with E-state index in [0.29, 0.717) is 0 Å². The van der Waals surface area contributed by atoms with Crippen molar-refractivity contribution in [3.05, 3.63) is 0 Å². The van der Waals surface area contributed by atoms with Gasteiger partial charge in [-0.05, 0) is 13.0 Å². The monoisotopic (exact) mass is 198 g/mol. The van der Waals surface area contributed by atoms with Gasteiger partial charge >= 0.3 is 6.18 Å². The third kappa shape index (κ3) is 1.49. The van der Waals surface area contributed by atoms with Crippen LogP contribution >= 0.6 is 0 Å². The second-order valence-electron chi connectivity index (χ2n) is 2.95. The number of halogens is 3.